The summed E-state index contributed by atoms with van der Waals surface area (Å²) in [7, 11) is 1.86. The van der Waals surface area contributed by atoms with Crippen molar-refractivity contribution < 1.29 is 24.1 Å². The number of allylic oxidation sites excluding steroid dienone is 1. The highest BCUT2D eigenvalue weighted by molar-refractivity contribution is 5.73. The SMILES string of the molecule is CO[C@@H]1C[C@]2(C)COC[C@@]3(C4=CC[C@@]5(C)[C@H](C(=O)O)[C@@](C)([C@H](C)C(C)C)CC[C@]5(C)[C@H]4CC[C@H]23)[C@H]1OCC1(N)CCCCC1. The second-order valence-electron chi connectivity index (χ2n) is 18.0. The zero-order chi connectivity index (χ0) is 31.9. The van der Waals surface area contributed by atoms with Crippen LogP contribution in [0, 0.1) is 56.7 Å². The van der Waals surface area contributed by atoms with Gasteiger partial charge < -0.3 is 25.1 Å². The Morgan fingerprint density at radius 3 is 2.36 bits per heavy atom. The molecule has 1 heterocycles. The van der Waals surface area contributed by atoms with Gasteiger partial charge in [-0.3, -0.25) is 4.79 Å². The molecule has 6 aliphatic rings. The molecule has 6 rings (SSSR count). The third-order valence-electron chi connectivity index (χ3n) is 15.7. The van der Waals surface area contributed by atoms with Gasteiger partial charge in [0.05, 0.1) is 37.9 Å². The van der Waals surface area contributed by atoms with Gasteiger partial charge in [-0.1, -0.05) is 79.4 Å². The molecule has 0 aromatic heterocycles. The van der Waals surface area contributed by atoms with E-state index in [1.807, 2.05) is 7.11 Å². The molecular formula is C38H63NO5. The molecule has 0 radical (unpaired) electrons. The number of methoxy groups -OCH3 is 1. The third-order valence-corrected chi connectivity index (χ3v) is 15.7. The first-order valence-corrected chi connectivity index (χ1v) is 18.1. The lowest BCUT2D eigenvalue weighted by molar-refractivity contribution is -0.271. The molecule has 44 heavy (non-hydrogen) atoms. The number of fused-ring (bicyclic) bond motifs is 3. The third kappa shape index (κ3) is 4.49. The predicted molar refractivity (Wildman–Crippen MR) is 174 cm³/mol. The molecule has 0 amide bonds. The fourth-order valence-electron chi connectivity index (χ4n) is 12.7. The van der Waals surface area contributed by atoms with Gasteiger partial charge in [-0.15, -0.1) is 0 Å². The molecule has 0 aromatic rings. The van der Waals surface area contributed by atoms with Gasteiger partial charge >= 0.3 is 5.97 Å². The summed E-state index contributed by atoms with van der Waals surface area (Å²) in [5.74, 6) is 0.551. The lowest BCUT2D eigenvalue weighted by atomic mass is 9.34. The zero-order valence-corrected chi connectivity index (χ0v) is 29.2. The molecule has 6 nitrogen and oxygen atoms in total. The van der Waals surface area contributed by atoms with E-state index < -0.39 is 5.97 Å². The van der Waals surface area contributed by atoms with Gasteiger partial charge in [0, 0.05) is 18.1 Å². The first kappa shape index (κ1) is 33.0. The molecule has 4 saturated carbocycles. The van der Waals surface area contributed by atoms with Crippen molar-refractivity contribution in [1.29, 1.82) is 0 Å². The van der Waals surface area contributed by atoms with Crippen LogP contribution in [0.3, 0.4) is 0 Å². The van der Waals surface area contributed by atoms with E-state index in [1.165, 1.54) is 24.8 Å². The maximum absolute atomic E-state index is 13.4. The van der Waals surface area contributed by atoms with E-state index >= 15 is 0 Å². The van der Waals surface area contributed by atoms with E-state index in [2.05, 4.69) is 54.5 Å². The van der Waals surface area contributed by atoms with Crippen LogP contribution in [-0.4, -0.2) is 55.8 Å². The fraction of sp³-hybridized carbons (Fsp3) is 0.921. The second-order valence-corrected chi connectivity index (χ2v) is 18.0. The van der Waals surface area contributed by atoms with Gasteiger partial charge in [0.15, 0.2) is 0 Å². The highest BCUT2D eigenvalue weighted by Gasteiger charge is 2.72. The lowest BCUT2D eigenvalue weighted by Crippen LogP contribution is -2.71. The van der Waals surface area contributed by atoms with Gasteiger partial charge in [-0.2, -0.15) is 0 Å². The minimum atomic E-state index is -0.607. The number of rotatable bonds is 7. The summed E-state index contributed by atoms with van der Waals surface area (Å²) < 4.78 is 20.1. The zero-order valence-electron chi connectivity index (χ0n) is 29.2. The van der Waals surface area contributed by atoms with E-state index in [0.29, 0.717) is 36.9 Å². The Balaban J connectivity index is 1.45. The average Bonchev–Trinajstić information content (AvgIpc) is 2.96. The number of ether oxygens (including phenoxy) is 3. The molecule has 1 aliphatic heterocycles. The number of hydrogen-bond acceptors (Lipinski definition) is 5. The Bertz CT molecular complexity index is 1150. The number of aliphatic carboxylic acids is 1. The summed E-state index contributed by atoms with van der Waals surface area (Å²) in [5.41, 5.74) is 7.29. The van der Waals surface area contributed by atoms with Gasteiger partial charge in [-0.05, 0) is 96.7 Å². The van der Waals surface area contributed by atoms with Crippen molar-refractivity contribution in [2.24, 2.45) is 62.4 Å². The number of nitrogens with two attached hydrogens (primary N) is 1. The highest BCUT2D eigenvalue weighted by atomic mass is 16.5. The van der Waals surface area contributed by atoms with Crippen molar-refractivity contribution in [3.8, 4) is 0 Å². The van der Waals surface area contributed by atoms with Crippen LogP contribution in [0.4, 0.5) is 0 Å². The van der Waals surface area contributed by atoms with Crippen LogP contribution in [0.5, 0.6) is 0 Å². The minimum Gasteiger partial charge on any atom is -0.481 e. The highest BCUT2D eigenvalue weighted by Crippen LogP contribution is 2.75. The quantitative estimate of drug-likeness (QED) is 0.287. The van der Waals surface area contributed by atoms with Crippen LogP contribution in [0.2, 0.25) is 0 Å². The smallest absolute Gasteiger partial charge is 0.307 e. The van der Waals surface area contributed by atoms with E-state index in [9.17, 15) is 9.90 Å². The number of carboxylic acids is 1. The normalized spacial score (nSPS) is 48.9. The van der Waals surface area contributed by atoms with E-state index in [0.717, 1.165) is 58.0 Å². The van der Waals surface area contributed by atoms with Crippen molar-refractivity contribution in [2.45, 2.75) is 137 Å². The molecular weight excluding hydrogens is 550 g/mol. The summed E-state index contributed by atoms with van der Waals surface area (Å²) >= 11 is 0. The Kier molecular flexibility index (Phi) is 8.29. The molecule has 1 saturated heterocycles. The molecule has 3 N–H and O–H groups in total. The van der Waals surface area contributed by atoms with Crippen molar-refractivity contribution in [1.82, 2.24) is 0 Å². The Hall–Kier alpha value is -0.950. The molecule has 6 heteroatoms. The molecule has 0 unspecified atom stereocenters. The molecule has 0 spiro atoms. The number of carboxylic acid groups (broad SMARTS) is 1. The topological polar surface area (TPSA) is 91.0 Å². The fourth-order valence-corrected chi connectivity index (χ4v) is 12.7. The Morgan fingerprint density at radius 2 is 1.73 bits per heavy atom. The number of carbonyl (C=O) groups is 1. The standard InChI is InChI=1S/C38H63NO5/c1-24(2)25(3)34(5)18-19-35(6)26-12-13-29-33(4)20-28(42-8)31(44-22-37(39)15-10-9-11-16-37)38(29,23-43-21-33)27(26)14-17-36(35,7)30(34)32(40)41/h14,24-26,28-31H,9-13,15-23,39H2,1-8H3,(H,40,41)/t25-,26+,28-,29-,30-,31+,33-,34-,35-,36+,38+/m1/s1. The first-order chi connectivity index (χ1) is 20.6. The van der Waals surface area contributed by atoms with Crippen LogP contribution >= 0.6 is 0 Å². The van der Waals surface area contributed by atoms with Crippen molar-refractivity contribution in [2.75, 3.05) is 26.9 Å². The summed E-state index contributed by atoms with van der Waals surface area (Å²) in [6.07, 6.45) is 14.1. The van der Waals surface area contributed by atoms with Crippen LogP contribution in [-0.2, 0) is 19.0 Å². The van der Waals surface area contributed by atoms with Crippen LogP contribution < -0.4 is 5.73 Å². The molecule has 0 aromatic carbocycles. The molecule has 5 fully saturated rings. The largest absolute Gasteiger partial charge is 0.481 e. The van der Waals surface area contributed by atoms with Gasteiger partial charge in [-0.25, -0.2) is 0 Å². The summed E-state index contributed by atoms with van der Waals surface area (Å²) in [4.78, 5) is 13.4. The van der Waals surface area contributed by atoms with Gasteiger partial charge in [0.25, 0.3) is 0 Å². The second kappa shape index (κ2) is 11.1. The maximum Gasteiger partial charge on any atom is 0.307 e. The summed E-state index contributed by atoms with van der Waals surface area (Å²) in [6.45, 7) is 18.3. The van der Waals surface area contributed by atoms with E-state index in [-0.39, 0.29) is 50.7 Å². The maximum atomic E-state index is 13.4. The van der Waals surface area contributed by atoms with Crippen LogP contribution in [0.15, 0.2) is 11.6 Å². The van der Waals surface area contributed by atoms with Crippen molar-refractivity contribution >= 4 is 5.97 Å². The van der Waals surface area contributed by atoms with Crippen molar-refractivity contribution in [3.63, 3.8) is 0 Å². The van der Waals surface area contributed by atoms with Gasteiger partial charge in [0.2, 0.25) is 0 Å². The summed E-state index contributed by atoms with van der Waals surface area (Å²) in [5, 5.41) is 11.0. The Labute approximate surface area is 267 Å². The molecule has 250 valence electrons. The van der Waals surface area contributed by atoms with Gasteiger partial charge in [0.1, 0.15) is 0 Å². The monoisotopic (exact) mass is 613 g/mol. The number of hydrogen-bond donors (Lipinski definition) is 2. The minimum absolute atomic E-state index is 0.0126. The Morgan fingerprint density at radius 1 is 1.02 bits per heavy atom. The van der Waals surface area contributed by atoms with Crippen LogP contribution in [0.25, 0.3) is 0 Å². The molecule has 2 bridgehead atoms. The lowest BCUT2D eigenvalue weighted by Gasteiger charge is -2.71. The average molecular weight is 614 g/mol. The molecule has 11 atom stereocenters. The first-order valence-electron chi connectivity index (χ1n) is 18.1. The van der Waals surface area contributed by atoms with Crippen molar-refractivity contribution in [3.05, 3.63) is 11.6 Å². The molecule has 5 aliphatic carbocycles. The van der Waals surface area contributed by atoms with Crippen LogP contribution in [0.1, 0.15) is 119 Å². The van der Waals surface area contributed by atoms with E-state index in [1.54, 1.807) is 0 Å². The predicted octanol–water partition coefficient (Wildman–Crippen LogP) is 7.64. The van der Waals surface area contributed by atoms with E-state index in [4.69, 9.17) is 19.9 Å². The summed E-state index contributed by atoms with van der Waals surface area (Å²) in [6, 6.07) is 0.